The van der Waals surface area contributed by atoms with E-state index in [2.05, 4.69) is 301 Å². The van der Waals surface area contributed by atoms with E-state index >= 15 is 0 Å². The summed E-state index contributed by atoms with van der Waals surface area (Å²) in [5.41, 5.74) is 11.7. The van der Waals surface area contributed by atoms with Gasteiger partial charge in [-0.05, 0) is 191 Å². The van der Waals surface area contributed by atoms with Crippen molar-refractivity contribution in [2.75, 3.05) is 9.80 Å². The van der Waals surface area contributed by atoms with Gasteiger partial charge in [-0.3, -0.25) is 0 Å². The van der Waals surface area contributed by atoms with Crippen LogP contribution >= 0.6 is 0 Å². The molecule has 0 saturated carbocycles. The highest BCUT2D eigenvalue weighted by Gasteiger charge is 2.27. The van der Waals surface area contributed by atoms with Gasteiger partial charge in [-0.25, -0.2) is 0 Å². The molecule has 396 valence electrons. The summed E-state index contributed by atoms with van der Waals surface area (Å²) in [6.45, 7) is 0. The van der Waals surface area contributed by atoms with Gasteiger partial charge in [-0.1, -0.05) is 243 Å². The summed E-state index contributed by atoms with van der Waals surface area (Å²) >= 11 is 0. The van der Waals surface area contributed by atoms with Gasteiger partial charge in [0, 0.05) is 44.3 Å². The van der Waals surface area contributed by atoms with E-state index in [0.717, 1.165) is 22.7 Å². The van der Waals surface area contributed by atoms with Gasteiger partial charge in [0.05, 0.1) is 11.4 Å². The second kappa shape index (κ2) is 18.1. The Hall–Kier alpha value is -11.3. The average molecular weight is 1090 g/mol. The smallest absolute Gasteiger partial charge is 0.0546 e. The van der Waals surface area contributed by atoms with Crippen LogP contribution in [0.25, 0.3) is 152 Å². The van der Waals surface area contributed by atoms with Gasteiger partial charge >= 0.3 is 0 Å². The zero-order chi connectivity index (χ0) is 56.1. The van der Waals surface area contributed by atoms with E-state index in [1.807, 2.05) is 12.1 Å². The minimum Gasteiger partial charge on any atom is -0.310 e. The molecule has 2 heteroatoms. The van der Waals surface area contributed by atoms with Crippen LogP contribution in [0.15, 0.2) is 303 Å². The van der Waals surface area contributed by atoms with Crippen LogP contribution in [0.2, 0.25) is 0 Å². The molecular weight excluding hydrogens is 1040 g/mol. The SMILES string of the molecule is c1ccc(-c2ccccc2)cc1.c1ccc(N(c2ccc(-c3ccc(N(c4ccccc4)c4cc5ccc6ccc7ccc8ccc9ccc4c4c9c8c7c6c54)cc3)cc2)c2cc3ccc4ccc5ccc6ccc7ccc2c2c7c6c5c4c32)cc1. The first kappa shape index (κ1) is 47.2. The number of benzene rings is 20. The van der Waals surface area contributed by atoms with Gasteiger partial charge in [-0.2, -0.15) is 0 Å². The molecule has 0 spiro atoms. The highest BCUT2D eigenvalue weighted by atomic mass is 15.1. The van der Waals surface area contributed by atoms with Crippen LogP contribution in [-0.4, -0.2) is 0 Å². The lowest BCUT2D eigenvalue weighted by Crippen LogP contribution is -2.11. The van der Waals surface area contributed by atoms with Crippen LogP contribution in [0.5, 0.6) is 0 Å². The average Bonchev–Trinajstić information content (AvgIpc) is 0.770. The molecule has 0 aromatic heterocycles. The predicted octanol–water partition coefficient (Wildman–Crippen LogP) is 24.1. The Kier molecular flexibility index (Phi) is 9.93. The normalized spacial score (nSPS) is 12.2. The maximum absolute atomic E-state index is 2.46. The predicted molar refractivity (Wildman–Crippen MR) is 370 cm³/mol. The molecular formula is C84H50N2. The van der Waals surface area contributed by atoms with Gasteiger partial charge in [0.25, 0.3) is 0 Å². The Labute approximate surface area is 495 Å². The first-order chi connectivity index (χ1) is 42.7. The van der Waals surface area contributed by atoms with Gasteiger partial charge in [0.1, 0.15) is 0 Å². The first-order valence-corrected chi connectivity index (χ1v) is 29.9. The summed E-state index contributed by atoms with van der Waals surface area (Å²) in [6.07, 6.45) is 0. The zero-order valence-corrected chi connectivity index (χ0v) is 46.8. The summed E-state index contributed by atoms with van der Waals surface area (Å²) in [7, 11) is 0. The fraction of sp³-hybridized carbons (Fsp3) is 0. The fourth-order valence-corrected chi connectivity index (χ4v) is 15.2. The Morgan fingerprint density at radius 2 is 0.360 bits per heavy atom. The molecule has 0 saturated heterocycles. The highest BCUT2D eigenvalue weighted by molar-refractivity contribution is 6.47. The third kappa shape index (κ3) is 6.78. The maximum atomic E-state index is 2.46. The molecule has 0 amide bonds. The van der Waals surface area contributed by atoms with Crippen molar-refractivity contribution in [3.63, 3.8) is 0 Å². The Bertz CT molecular complexity index is 5420. The summed E-state index contributed by atoms with van der Waals surface area (Å²) in [4.78, 5) is 4.92. The third-order valence-electron chi connectivity index (χ3n) is 18.9. The van der Waals surface area contributed by atoms with Crippen molar-refractivity contribution in [3.05, 3.63) is 303 Å². The Morgan fingerprint density at radius 3 is 0.651 bits per heavy atom. The number of hydrogen-bond acceptors (Lipinski definition) is 2. The molecule has 20 aromatic rings. The maximum Gasteiger partial charge on any atom is 0.0546 e. The van der Waals surface area contributed by atoms with E-state index in [4.69, 9.17) is 0 Å². The van der Waals surface area contributed by atoms with Crippen molar-refractivity contribution in [3.8, 4) is 22.3 Å². The van der Waals surface area contributed by atoms with Gasteiger partial charge < -0.3 is 9.80 Å². The van der Waals surface area contributed by atoms with E-state index in [0.29, 0.717) is 0 Å². The molecule has 0 bridgehead atoms. The molecule has 0 radical (unpaired) electrons. The largest absolute Gasteiger partial charge is 0.310 e. The quantitative estimate of drug-likeness (QED) is 0.111. The van der Waals surface area contributed by atoms with Crippen LogP contribution in [0.4, 0.5) is 34.1 Å². The molecule has 0 heterocycles. The Morgan fingerprint density at radius 1 is 0.151 bits per heavy atom. The van der Waals surface area contributed by atoms with E-state index in [-0.39, 0.29) is 0 Å². The van der Waals surface area contributed by atoms with E-state index in [1.54, 1.807) is 0 Å². The second-order valence-corrected chi connectivity index (χ2v) is 23.4. The lowest BCUT2D eigenvalue weighted by Gasteiger charge is -2.29. The molecule has 0 aliphatic rings. The number of nitrogens with zero attached hydrogens (tertiary/aromatic N) is 2. The summed E-state index contributed by atoms with van der Waals surface area (Å²) in [5.74, 6) is 0. The number of para-hydroxylation sites is 2. The van der Waals surface area contributed by atoms with Crippen LogP contribution in [0.3, 0.4) is 0 Å². The standard InChI is InChI=1S/C72H40N2.C12H10/c1-3-7-53(8-4-1)73(59-39-51-25-23-47-17-13-43-11-15-45-19-21-49-31-37-57(59)71-67(49)63(45)61(43)65(47)69(51)71)55-33-27-41(28-34-55)42-29-35-56(36-30-42)74(54-9-5-2-6-10-54)60-40-52-26-24-48-18-14-44-12-16-46-20-22-50-32-38-58(60)72-68(50)64(46)62(44)66(48)70(52)72;1-3-7-11(8-4-1)12-9-5-2-6-10-12/h1-40H;1-10H. The lowest BCUT2D eigenvalue weighted by molar-refractivity contribution is 1.30. The second-order valence-electron chi connectivity index (χ2n) is 23.4. The van der Waals surface area contributed by atoms with Gasteiger partial charge in [0.15, 0.2) is 0 Å². The highest BCUT2D eigenvalue weighted by Crippen LogP contribution is 2.54. The van der Waals surface area contributed by atoms with Gasteiger partial charge in [-0.15, -0.1) is 0 Å². The zero-order valence-electron chi connectivity index (χ0n) is 46.8. The summed E-state index contributed by atoms with van der Waals surface area (Å²) < 4.78 is 0. The van der Waals surface area contributed by atoms with E-state index in [9.17, 15) is 0 Å². The van der Waals surface area contributed by atoms with Crippen molar-refractivity contribution in [2.24, 2.45) is 0 Å². The minimum absolute atomic E-state index is 1.11. The van der Waals surface area contributed by atoms with Crippen molar-refractivity contribution >= 4 is 163 Å². The number of rotatable bonds is 8. The molecule has 20 rings (SSSR count). The fourth-order valence-electron chi connectivity index (χ4n) is 15.2. The third-order valence-corrected chi connectivity index (χ3v) is 18.9. The van der Waals surface area contributed by atoms with Crippen molar-refractivity contribution in [1.82, 2.24) is 0 Å². The van der Waals surface area contributed by atoms with Crippen LogP contribution in [0, 0.1) is 0 Å². The van der Waals surface area contributed by atoms with Crippen molar-refractivity contribution in [2.45, 2.75) is 0 Å². The van der Waals surface area contributed by atoms with Gasteiger partial charge in [0.2, 0.25) is 0 Å². The molecule has 0 fully saturated rings. The van der Waals surface area contributed by atoms with E-state index < -0.39 is 0 Å². The molecule has 0 aliphatic carbocycles. The Balaban J connectivity index is 0.000000403. The minimum atomic E-state index is 1.11. The van der Waals surface area contributed by atoms with E-state index in [1.165, 1.54) is 163 Å². The number of hydrogen-bond donors (Lipinski definition) is 0. The number of anilines is 6. The monoisotopic (exact) mass is 1090 g/mol. The molecule has 0 aliphatic heterocycles. The van der Waals surface area contributed by atoms with Crippen LogP contribution in [-0.2, 0) is 0 Å². The summed E-state index contributed by atoms with van der Waals surface area (Å²) in [5, 5.41) is 31.9. The molecule has 0 unspecified atom stereocenters. The molecule has 86 heavy (non-hydrogen) atoms. The molecule has 2 nitrogen and oxygen atoms in total. The van der Waals surface area contributed by atoms with Crippen molar-refractivity contribution in [1.29, 1.82) is 0 Å². The van der Waals surface area contributed by atoms with Crippen molar-refractivity contribution < 1.29 is 0 Å². The molecule has 0 N–H and O–H groups in total. The topological polar surface area (TPSA) is 6.48 Å². The lowest BCUT2D eigenvalue weighted by atomic mass is 9.82. The summed E-state index contributed by atoms with van der Waals surface area (Å²) in [6, 6.07) is 112. The molecule has 0 atom stereocenters. The first-order valence-electron chi connectivity index (χ1n) is 29.9. The van der Waals surface area contributed by atoms with Crippen LogP contribution < -0.4 is 9.80 Å². The van der Waals surface area contributed by atoms with Crippen LogP contribution in [0.1, 0.15) is 0 Å². The molecule has 20 aromatic carbocycles.